The van der Waals surface area contributed by atoms with Crippen LogP contribution in [0.15, 0.2) is 54.6 Å². The molecule has 114 valence electrons. The maximum Gasteiger partial charge on any atom is -0.00992 e. The van der Waals surface area contributed by atoms with Gasteiger partial charge < -0.3 is 0 Å². The topological polar surface area (TPSA) is 0 Å². The van der Waals surface area contributed by atoms with Crippen LogP contribution >= 0.6 is 24.0 Å². The van der Waals surface area contributed by atoms with E-state index in [1.807, 2.05) is 13.8 Å². The van der Waals surface area contributed by atoms with Crippen molar-refractivity contribution in [1.82, 2.24) is 0 Å². The van der Waals surface area contributed by atoms with Gasteiger partial charge in [0, 0.05) is 0 Å². The first-order chi connectivity index (χ1) is 10.4. The molecule has 1 heteroatoms. The van der Waals surface area contributed by atoms with E-state index in [1.54, 1.807) is 0 Å². The molecular weight excluding hydrogens is 379 g/mol. The normalized spacial score (nSPS) is 12.8. The molecule has 0 atom stereocenters. The highest BCUT2D eigenvalue weighted by Gasteiger charge is 2.13. The van der Waals surface area contributed by atoms with E-state index in [0.717, 1.165) is 0 Å². The summed E-state index contributed by atoms with van der Waals surface area (Å²) in [6, 6.07) is 17.6. The maximum absolute atomic E-state index is 2.33. The van der Waals surface area contributed by atoms with E-state index in [2.05, 4.69) is 60.7 Å². The van der Waals surface area contributed by atoms with Crippen molar-refractivity contribution < 1.29 is 0 Å². The van der Waals surface area contributed by atoms with Crippen LogP contribution in [0.25, 0.3) is 27.6 Å². The molecule has 3 aromatic carbocycles. The third kappa shape index (κ3) is 2.91. The van der Waals surface area contributed by atoms with Crippen molar-refractivity contribution in [2.24, 2.45) is 0 Å². The van der Waals surface area contributed by atoms with Crippen LogP contribution in [0.3, 0.4) is 0 Å². The first kappa shape index (κ1) is 17.0. The van der Waals surface area contributed by atoms with E-state index in [4.69, 9.17) is 0 Å². The standard InChI is InChI=1S/C19H16.C2H6.HI/c1-2-8-14-15(9-3-1)17-11-5-7-13-19(17)18-12-6-4-10-16(14)18;1-2;/h2,4-8,10-13H,1,3,9H2;1-2H3;1H. The number of allylic oxidation sites excluding steroid dienone is 1. The Labute approximate surface area is 150 Å². The lowest BCUT2D eigenvalue weighted by molar-refractivity contribution is 0.857. The first-order valence-electron chi connectivity index (χ1n) is 8.04. The van der Waals surface area contributed by atoms with Gasteiger partial charge in [0.1, 0.15) is 0 Å². The molecule has 22 heavy (non-hydrogen) atoms. The Kier molecular flexibility index (Phi) is 6.01. The van der Waals surface area contributed by atoms with Gasteiger partial charge in [-0.2, -0.15) is 0 Å². The van der Waals surface area contributed by atoms with Crippen molar-refractivity contribution in [2.45, 2.75) is 33.1 Å². The molecule has 0 N–H and O–H groups in total. The van der Waals surface area contributed by atoms with Gasteiger partial charge in [-0.1, -0.05) is 74.5 Å². The zero-order valence-electron chi connectivity index (χ0n) is 13.3. The van der Waals surface area contributed by atoms with Crippen LogP contribution in [-0.2, 0) is 6.42 Å². The minimum atomic E-state index is 0. The van der Waals surface area contributed by atoms with E-state index in [9.17, 15) is 0 Å². The minimum absolute atomic E-state index is 0. The van der Waals surface area contributed by atoms with E-state index < -0.39 is 0 Å². The van der Waals surface area contributed by atoms with Crippen molar-refractivity contribution in [1.29, 1.82) is 0 Å². The molecule has 3 aromatic rings. The molecule has 0 fully saturated rings. The smallest absolute Gasteiger partial charge is 0.00992 e. The second-order valence-corrected chi connectivity index (χ2v) is 5.28. The molecule has 0 heterocycles. The zero-order chi connectivity index (χ0) is 14.7. The summed E-state index contributed by atoms with van der Waals surface area (Å²) in [5, 5.41) is 5.60. The van der Waals surface area contributed by atoms with Crippen molar-refractivity contribution in [2.75, 3.05) is 0 Å². The number of fused-ring (bicyclic) bond motifs is 6. The number of benzene rings is 3. The number of aryl methyl sites for hydroxylation is 1. The number of halogens is 1. The molecule has 0 aliphatic heterocycles. The van der Waals surface area contributed by atoms with Gasteiger partial charge in [-0.25, -0.2) is 0 Å². The summed E-state index contributed by atoms with van der Waals surface area (Å²) in [5.74, 6) is 0. The SMILES string of the molecule is C1=Cc2c(c3ccccc3c3ccccc23)CCC1.CC.I. The van der Waals surface area contributed by atoms with E-state index in [1.165, 1.54) is 51.9 Å². The Morgan fingerprint density at radius 1 is 0.727 bits per heavy atom. The number of hydrogen-bond acceptors (Lipinski definition) is 0. The fraction of sp³-hybridized carbons (Fsp3) is 0.238. The third-order valence-corrected chi connectivity index (χ3v) is 4.17. The molecule has 0 nitrogen and oxygen atoms in total. The van der Waals surface area contributed by atoms with E-state index in [-0.39, 0.29) is 24.0 Å². The maximum atomic E-state index is 2.33. The Balaban J connectivity index is 0.000000566. The highest BCUT2D eigenvalue weighted by molar-refractivity contribution is 14.0. The fourth-order valence-electron chi connectivity index (χ4n) is 3.30. The Hall–Kier alpha value is -1.35. The van der Waals surface area contributed by atoms with Gasteiger partial charge in [0.2, 0.25) is 0 Å². The number of hydrogen-bond donors (Lipinski definition) is 0. The van der Waals surface area contributed by atoms with Gasteiger partial charge in [0.05, 0.1) is 0 Å². The number of rotatable bonds is 0. The Morgan fingerprint density at radius 2 is 1.27 bits per heavy atom. The Bertz CT molecular complexity index is 799. The van der Waals surface area contributed by atoms with Crippen LogP contribution in [-0.4, -0.2) is 0 Å². The molecule has 0 unspecified atom stereocenters. The summed E-state index contributed by atoms with van der Waals surface area (Å²) < 4.78 is 0. The van der Waals surface area contributed by atoms with Crippen LogP contribution in [0.4, 0.5) is 0 Å². The van der Waals surface area contributed by atoms with Gasteiger partial charge in [0.25, 0.3) is 0 Å². The largest absolute Gasteiger partial charge is 0.107 e. The summed E-state index contributed by atoms with van der Waals surface area (Å²) in [6.07, 6.45) is 8.29. The molecule has 0 radical (unpaired) electrons. The van der Waals surface area contributed by atoms with Crippen molar-refractivity contribution in [3.8, 4) is 0 Å². The molecule has 0 bridgehead atoms. The summed E-state index contributed by atoms with van der Waals surface area (Å²) in [5.41, 5.74) is 2.97. The Morgan fingerprint density at radius 3 is 1.95 bits per heavy atom. The van der Waals surface area contributed by atoms with Gasteiger partial charge in [0.15, 0.2) is 0 Å². The summed E-state index contributed by atoms with van der Waals surface area (Å²) in [7, 11) is 0. The second kappa shape index (κ2) is 7.77. The van der Waals surface area contributed by atoms with Crippen LogP contribution in [0.5, 0.6) is 0 Å². The van der Waals surface area contributed by atoms with Gasteiger partial charge in [-0.3, -0.25) is 0 Å². The van der Waals surface area contributed by atoms with Gasteiger partial charge in [-0.15, -0.1) is 24.0 Å². The molecule has 4 rings (SSSR count). The van der Waals surface area contributed by atoms with E-state index in [0.29, 0.717) is 0 Å². The van der Waals surface area contributed by atoms with Crippen molar-refractivity contribution in [3.63, 3.8) is 0 Å². The molecule has 0 saturated heterocycles. The summed E-state index contributed by atoms with van der Waals surface area (Å²) in [4.78, 5) is 0. The molecule has 0 spiro atoms. The van der Waals surface area contributed by atoms with Gasteiger partial charge >= 0.3 is 0 Å². The van der Waals surface area contributed by atoms with Crippen LogP contribution in [0.1, 0.15) is 37.8 Å². The fourth-order valence-corrected chi connectivity index (χ4v) is 3.30. The summed E-state index contributed by atoms with van der Waals surface area (Å²) in [6.45, 7) is 4.00. The molecule has 0 saturated carbocycles. The zero-order valence-corrected chi connectivity index (χ0v) is 15.6. The molecular formula is C21H23I. The molecule has 1 aliphatic carbocycles. The lowest BCUT2D eigenvalue weighted by Gasteiger charge is -2.14. The third-order valence-electron chi connectivity index (χ3n) is 4.17. The van der Waals surface area contributed by atoms with Crippen molar-refractivity contribution in [3.05, 3.63) is 65.7 Å². The van der Waals surface area contributed by atoms with Crippen LogP contribution in [0.2, 0.25) is 0 Å². The molecule has 0 amide bonds. The van der Waals surface area contributed by atoms with E-state index >= 15 is 0 Å². The van der Waals surface area contributed by atoms with Crippen molar-refractivity contribution >= 4 is 51.6 Å². The highest BCUT2D eigenvalue weighted by Crippen LogP contribution is 2.35. The average Bonchev–Trinajstić information content (AvgIpc) is 2.83. The van der Waals surface area contributed by atoms with Gasteiger partial charge in [-0.05, 0) is 51.9 Å². The second-order valence-electron chi connectivity index (χ2n) is 5.28. The van der Waals surface area contributed by atoms with Crippen LogP contribution in [0, 0.1) is 0 Å². The predicted molar refractivity (Wildman–Crippen MR) is 110 cm³/mol. The summed E-state index contributed by atoms with van der Waals surface area (Å²) >= 11 is 0. The minimum Gasteiger partial charge on any atom is -0.107 e. The lowest BCUT2D eigenvalue weighted by Crippen LogP contribution is -1.92. The lowest BCUT2D eigenvalue weighted by atomic mass is 9.90. The predicted octanol–water partition coefficient (Wildman–Crippen LogP) is 6.99. The average molecular weight is 402 g/mol. The molecule has 1 aliphatic rings. The monoisotopic (exact) mass is 402 g/mol. The quantitative estimate of drug-likeness (QED) is 0.281. The van der Waals surface area contributed by atoms with Crippen LogP contribution < -0.4 is 0 Å². The highest BCUT2D eigenvalue weighted by atomic mass is 127. The molecule has 0 aromatic heterocycles. The first-order valence-corrected chi connectivity index (χ1v) is 8.04.